The third kappa shape index (κ3) is 4.95. The molecule has 3 heteroatoms. The van der Waals surface area contributed by atoms with Crippen molar-refractivity contribution in [3.8, 4) is 11.1 Å². The van der Waals surface area contributed by atoms with Gasteiger partial charge in [-0.2, -0.15) is 0 Å². The van der Waals surface area contributed by atoms with Crippen LogP contribution >= 0.6 is 0 Å². The van der Waals surface area contributed by atoms with Gasteiger partial charge in [-0.3, -0.25) is 0 Å². The van der Waals surface area contributed by atoms with E-state index < -0.39 is 11.6 Å². The highest BCUT2D eigenvalue weighted by molar-refractivity contribution is 5.64. The number of hydrogen-bond acceptors (Lipinski definition) is 1. The molecule has 0 saturated heterocycles. The SMILES string of the molecule is CCC[C@H]1CC[C@H](c2ccc(-c3cc(F)c(COCC)c(F)c3)cc2)CC1. The Balaban J connectivity index is 1.70. The van der Waals surface area contributed by atoms with Crippen LogP contribution in [-0.2, 0) is 11.3 Å². The first-order valence-corrected chi connectivity index (χ1v) is 10.3. The molecule has 27 heavy (non-hydrogen) atoms. The average Bonchev–Trinajstić information content (AvgIpc) is 2.68. The molecule has 0 radical (unpaired) electrons. The molecular weight excluding hydrogens is 342 g/mol. The largest absolute Gasteiger partial charge is 0.377 e. The summed E-state index contributed by atoms with van der Waals surface area (Å²) in [6.45, 7) is 4.47. The van der Waals surface area contributed by atoms with Crippen molar-refractivity contribution in [1.82, 2.24) is 0 Å². The Morgan fingerprint density at radius 2 is 1.52 bits per heavy atom. The molecule has 146 valence electrons. The molecule has 0 N–H and O–H groups in total. The molecule has 1 aliphatic rings. The second kappa shape index (κ2) is 9.45. The first-order chi connectivity index (χ1) is 13.1. The van der Waals surface area contributed by atoms with Gasteiger partial charge >= 0.3 is 0 Å². The van der Waals surface area contributed by atoms with Gasteiger partial charge in [-0.1, -0.05) is 44.0 Å². The lowest BCUT2D eigenvalue weighted by Crippen LogP contribution is -2.13. The van der Waals surface area contributed by atoms with Crippen LogP contribution < -0.4 is 0 Å². The van der Waals surface area contributed by atoms with E-state index in [-0.39, 0.29) is 12.2 Å². The first kappa shape index (κ1) is 20.0. The zero-order valence-electron chi connectivity index (χ0n) is 16.4. The minimum absolute atomic E-state index is 0.000981. The second-order valence-corrected chi connectivity index (χ2v) is 7.68. The normalized spacial score (nSPS) is 20.0. The average molecular weight is 372 g/mol. The van der Waals surface area contributed by atoms with Crippen LogP contribution in [0, 0.1) is 17.6 Å². The fourth-order valence-corrected chi connectivity index (χ4v) is 4.25. The predicted molar refractivity (Wildman–Crippen MR) is 107 cm³/mol. The molecule has 2 aromatic rings. The Bertz CT molecular complexity index is 708. The van der Waals surface area contributed by atoms with E-state index >= 15 is 0 Å². The Hall–Kier alpha value is -1.74. The number of hydrogen-bond donors (Lipinski definition) is 0. The molecule has 1 nitrogen and oxygen atoms in total. The van der Waals surface area contributed by atoms with E-state index in [0.717, 1.165) is 11.5 Å². The van der Waals surface area contributed by atoms with E-state index in [9.17, 15) is 8.78 Å². The van der Waals surface area contributed by atoms with Crippen molar-refractivity contribution < 1.29 is 13.5 Å². The summed E-state index contributed by atoms with van der Waals surface area (Å²) in [4.78, 5) is 0. The van der Waals surface area contributed by atoms with Crippen molar-refractivity contribution >= 4 is 0 Å². The quantitative estimate of drug-likeness (QED) is 0.497. The minimum Gasteiger partial charge on any atom is -0.377 e. The highest BCUT2D eigenvalue weighted by Gasteiger charge is 2.22. The lowest BCUT2D eigenvalue weighted by Gasteiger charge is -2.28. The van der Waals surface area contributed by atoms with Crippen molar-refractivity contribution in [3.05, 3.63) is 59.2 Å². The zero-order chi connectivity index (χ0) is 19.2. The van der Waals surface area contributed by atoms with Gasteiger partial charge in [0.2, 0.25) is 0 Å². The van der Waals surface area contributed by atoms with Crippen LogP contribution in [0.1, 0.15) is 69.4 Å². The van der Waals surface area contributed by atoms with Crippen molar-refractivity contribution in [2.24, 2.45) is 5.92 Å². The summed E-state index contributed by atoms with van der Waals surface area (Å²) < 4.78 is 33.7. The monoisotopic (exact) mass is 372 g/mol. The molecule has 3 rings (SSSR count). The second-order valence-electron chi connectivity index (χ2n) is 7.68. The van der Waals surface area contributed by atoms with Crippen LogP contribution in [0.2, 0.25) is 0 Å². The summed E-state index contributed by atoms with van der Waals surface area (Å²) in [6.07, 6.45) is 7.76. The van der Waals surface area contributed by atoms with Gasteiger partial charge in [-0.05, 0) is 73.3 Å². The van der Waals surface area contributed by atoms with Crippen LogP contribution in [0.3, 0.4) is 0 Å². The molecule has 0 heterocycles. The molecule has 0 unspecified atom stereocenters. The van der Waals surface area contributed by atoms with Gasteiger partial charge in [-0.25, -0.2) is 8.78 Å². The molecule has 1 fully saturated rings. The molecule has 2 aromatic carbocycles. The maximum atomic E-state index is 14.3. The highest BCUT2D eigenvalue weighted by Crippen LogP contribution is 2.38. The smallest absolute Gasteiger partial charge is 0.132 e. The zero-order valence-corrected chi connectivity index (χ0v) is 16.4. The molecule has 1 saturated carbocycles. The third-order valence-corrected chi connectivity index (χ3v) is 5.85. The molecular formula is C24H30F2O. The fourth-order valence-electron chi connectivity index (χ4n) is 4.25. The molecule has 0 bridgehead atoms. The Kier molecular flexibility index (Phi) is 7.01. The summed E-state index contributed by atoms with van der Waals surface area (Å²) >= 11 is 0. The van der Waals surface area contributed by atoms with Gasteiger partial charge < -0.3 is 4.74 Å². The van der Waals surface area contributed by atoms with Gasteiger partial charge in [0.15, 0.2) is 0 Å². The Morgan fingerprint density at radius 1 is 0.889 bits per heavy atom. The molecule has 0 spiro atoms. The molecule has 0 aromatic heterocycles. The van der Waals surface area contributed by atoms with Crippen LogP contribution in [0.15, 0.2) is 36.4 Å². The number of benzene rings is 2. The van der Waals surface area contributed by atoms with E-state index in [4.69, 9.17) is 4.74 Å². The van der Waals surface area contributed by atoms with Crippen molar-refractivity contribution in [2.45, 2.75) is 64.9 Å². The van der Waals surface area contributed by atoms with Crippen molar-refractivity contribution in [1.29, 1.82) is 0 Å². The first-order valence-electron chi connectivity index (χ1n) is 10.3. The van der Waals surface area contributed by atoms with Crippen molar-refractivity contribution in [3.63, 3.8) is 0 Å². The molecule has 0 aliphatic heterocycles. The minimum atomic E-state index is -0.545. The Morgan fingerprint density at radius 3 is 2.07 bits per heavy atom. The number of rotatable bonds is 7. The van der Waals surface area contributed by atoms with Crippen LogP contribution in [-0.4, -0.2) is 6.61 Å². The van der Waals surface area contributed by atoms with Gasteiger partial charge in [0.25, 0.3) is 0 Å². The fraction of sp³-hybridized carbons (Fsp3) is 0.500. The van der Waals surface area contributed by atoms with Crippen LogP contribution in [0.25, 0.3) is 11.1 Å². The van der Waals surface area contributed by atoms with Crippen LogP contribution in [0.4, 0.5) is 8.78 Å². The number of ether oxygens (including phenoxy) is 1. The van der Waals surface area contributed by atoms with E-state index in [0.29, 0.717) is 18.1 Å². The standard InChI is InChI=1S/C24H30F2O/c1-3-5-17-6-8-18(9-7-17)19-10-12-20(13-11-19)21-14-23(25)22(16-27-4-2)24(26)15-21/h10-15,17-18H,3-9,16H2,1-2H3/t17-,18-. The maximum absolute atomic E-state index is 14.3. The van der Waals surface area contributed by atoms with E-state index in [1.807, 2.05) is 19.1 Å². The molecule has 0 amide bonds. The van der Waals surface area contributed by atoms with Crippen molar-refractivity contribution in [2.75, 3.05) is 6.61 Å². The summed E-state index contributed by atoms with van der Waals surface area (Å²) in [6, 6.07) is 11.0. The van der Waals surface area contributed by atoms with E-state index in [1.165, 1.54) is 56.2 Å². The predicted octanol–water partition coefficient (Wildman–Crippen LogP) is 7.24. The Labute approximate surface area is 161 Å². The topological polar surface area (TPSA) is 9.23 Å². The van der Waals surface area contributed by atoms with Gasteiger partial charge in [0.05, 0.1) is 6.61 Å². The van der Waals surface area contributed by atoms with Gasteiger partial charge in [0, 0.05) is 12.2 Å². The van der Waals surface area contributed by atoms with Crippen LogP contribution in [0.5, 0.6) is 0 Å². The molecule has 1 aliphatic carbocycles. The maximum Gasteiger partial charge on any atom is 0.132 e. The molecule has 0 atom stereocenters. The summed E-state index contributed by atoms with van der Waals surface area (Å²) in [5.74, 6) is 0.425. The third-order valence-electron chi connectivity index (χ3n) is 5.85. The van der Waals surface area contributed by atoms with Gasteiger partial charge in [0.1, 0.15) is 11.6 Å². The lowest BCUT2D eigenvalue weighted by molar-refractivity contribution is 0.128. The van der Waals surface area contributed by atoms with E-state index in [2.05, 4.69) is 19.1 Å². The summed E-state index contributed by atoms with van der Waals surface area (Å²) in [7, 11) is 0. The summed E-state index contributed by atoms with van der Waals surface area (Å²) in [5.41, 5.74) is 2.77. The highest BCUT2D eigenvalue weighted by atomic mass is 19.1. The summed E-state index contributed by atoms with van der Waals surface area (Å²) in [5, 5.41) is 0. The number of halogens is 2. The lowest BCUT2D eigenvalue weighted by atomic mass is 9.77. The van der Waals surface area contributed by atoms with Gasteiger partial charge in [-0.15, -0.1) is 0 Å². The van der Waals surface area contributed by atoms with E-state index in [1.54, 1.807) is 0 Å².